The van der Waals surface area contributed by atoms with Crippen molar-refractivity contribution in [3.05, 3.63) is 0 Å². The highest BCUT2D eigenvalue weighted by atomic mass is 16.5. The quantitative estimate of drug-likeness (QED) is 0.783. The Kier molecular flexibility index (Phi) is 3.88. The highest BCUT2D eigenvalue weighted by molar-refractivity contribution is 4.94. The van der Waals surface area contributed by atoms with E-state index in [1.54, 1.807) is 0 Å². The molecule has 0 radical (unpaired) electrons. The van der Waals surface area contributed by atoms with Crippen molar-refractivity contribution < 1.29 is 4.74 Å². The van der Waals surface area contributed by atoms with Gasteiger partial charge in [-0.05, 0) is 30.7 Å². The van der Waals surface area contributed by atoms with Crippen LogP contribution in [-0.4, -0.2) is 50.8 Å². The first-order valence-corrected chi connectivity index (χ1v) is 6.62. The summed E-state index contributed by atoms with van der Waals surface area (Å²) in [5.74, 6) is 0.768. The van der Waals surface area contributed by atoms with Crippen molar-refractivity contribution in [3.8, 4) is 0 Å². The minimum atomic E-state index is 0.471. The van der Waals surface area contributed by atoms with Crippen LogP contribution in [0.1, 0.15) is 26.7 Å². The first kappa shape index (κ1) is 12.3. The first-order valence-electron chi connectivity index (χ1n) is 6.62. The van der Waals surface area contributed by atoms with Crippen LogP contribution in [0.15, 0.2) is 0 Å². The lowest BCUT2D eigenvalue weighted by Gasteiger charge is -2.36. The Morgan fingerprint density at radius 2 is 2.31 bits per heavy atom. The van der Waals surface area contributed by atoms with Crippen molar-refractivity contribution in [2.75, 3.05) is 39.8 Å². The molecule has 2 rings (SSSR count). The lowest BCUT2D eigenvalue weighted by molar-refractivity contribution is 0.0892. The summed E-state index contributed by atoms with van der Waals surface area (Å²) in [4.78, 5) is 2.60. The van der Waals surface area contributed by atoms with Gasteiger partial charge in [-0.15, -0.1) is 0 Å². The van der Waals surface area contributed by atoms with Crippen LogP contribution in [0, 0.1) is 11.3 Å². The molecule has 2 atom stereocenters. The number of rotatable bonds is 4. The number of hydrogen-bond acceptors (Lipinski definition) is 3. The number of ether oxygens (including phenoxy) is 1. The molecule has 2 saturated heterocycles. The monoisotopic (exact) mass is 226 g/mol. The maximum Gasteiger partial charge on any atom is 0.0710 e. The molecule has 3 nitrogen and oxygen atoms in total. The molecule has 1 N–H and O–H groups in total. The van der Waals surface area contributed by atoms with Crippen LogP contribution in [0.25, 0.3) is 0 Å². The molecule has 2 aliphatic rings. The third kappa shape index (κ3) is 2.41. The van der Waals surface area contributed by atoms with Crippen molar-refractivity contribution in [2.24, 2.45) is 11.3 Å². The van der Waals surface area contributed by atoms with Gasteiger partial charge in [0.2, 0.25) is 0 Å². The molecule has 94 valence electrons. The highest BCUT2D eigenvalue weighted by Gasteiger charge is 2.39. The molecule has 2 aliphatic heterocycles. The SMILES string of the molecule is COC1CCN(CC2(C(C)C)CCNC2)C1. The summed E-state index contributed by atoms with van der Waals surface area (Å²) in [7, 11) is 1.84. The Bertz CT molecular complexity index is 224. The second-order valence-corrected chi connectivity index (χ2v) is 5.83. The van der Waals surface area contributed by atoms with Gasteiger partial charge in [0.25, 0.3) is 0 Å². The molecule has 0 aromatic rings. The zero-order chi connectivity index (χ0) is 11.6. The Morgan fingerprint density at radius 3 is 2.81 bits per heavy atom. The summed E-state index contributed by atoms with van der Waals surface area (Å²) in [6.07, 6.45) is 3.01. The van der Waals surface area contributed by atoms with Crippen molar-refractivity contribution in [3.63, 3.8) is 0 Å². The second-order valence-electron chi connectivity index (χ2n) is 5.83. The molecule has 2 heterocycles. The molecule has 0 bridgehead atoms. The average molecular weight is 226 g/mol. The maximum absolute atomic E-state index is 5.44. The molecule has 16 heavy (non-hydrogen) atoms. The molecule has 0 aromatic carbocycles. The largest absolute Gasteiger partial charge is 0.380 e. The van der Waals surface area contributed by atoms with Gasteiger partial charge in [-0.3, -0.25) is 0 Å². The van der Waals surface area contributed by atoms with E-state index in [1.165, 1.54) is 39.0 Å². The van der Waals surface area contributed by atoms with Gasteiger partial charge in [0, 0.05) is 33.3 Å². The van der Waals surface area contributed by atoms with Crippen molar-refractivity contribution in [1.82, 2.24) is 10.2 Å². The molecule has 0 saturated carbocycles. The fourth-order valence-electron chi connectivity index (χ4n) is 3.15. The molecular weight excluding hydrogens is 200 g/mol. The van der Waals surface area contributed by atoms with Crippen molar-refractivity contribution in [2.45, 2.75) is 32.8 Å². The van der Waals surface area contributed by atoms with Gasteiger partial charge in [-0.2, -0.15) is 0 Å². The van der Waals surface area contributed by atoms with Crippen molar-refractivity contribution >= 4 is 0 Å². The number of methoxy groups -OCH3 is 1. The number of hydrogen-bond donors (Lipinski definition) is 1. The van der Waals surface area contributed by atoms with E-state index in [4.69, 9.17) is 4.74 Å². The van der Waals surface area contributed by atoms with E-state index in [0.29, 0.717) is 11.5 Å². The van der Waals surface area contributed by atoms with E-state index >= 15 is 0 Å². The Morgan fingerprint density at radius 1 is 1.50 bits per heavy atom. The molecule has 0 spiro atoms. The normalized spacial score (nSPS) is 36.4. The van der Waals surface area contributed by atoms with Gasteiger partial charge in [0.15, 0.2) is 0 Å². The molecule has 0 aromatic heterocycles. The minimum absolute atomic E-state index is 0.471. The molecule has 3 heteroatoms. The van der Waals surface area contributed by atoms with Gasteiger partial charge < -0.3 is 15.0 Å². The first-order chi connectivity index (χ1) is 7.66. The Labute approximate surface area is 99.5 Å². The van der Waals surface area contributed by atoms with E-state index in [1.807, 2.05) is 7.11 Å². The van der Waals surface area contributed by atoms with Crippen LogP contribution in [0.3, 0.4) is 0 Å². The molecule has 0 aliphatic carbocycles. The van der Waals surface area contributed by atoms with Crippen LogP contribution in [0.2, 0.25) is 0 Å². The average Bonchev–Trinajstić information content (AvgIpc) is 2.88. The summed E-state index contributed by atoms with van der Waals surface area (Å²) >= 11 is 0. The fourth-order valence-corrected chi connectivity index (χ4v) is 3.15. The zero-order valence-corrected chi connectivity index (χ0v) is 11.0. The van der Waals surface area contributed by atoms with Gasteiger partial charge >= 0.3 is 0 Å². The molecule has 2 fully saturated rings. The molecular formula is C13H26N2O. The van der Waals surface area contributed by atoms with Crippen molar-refractivity contribution in [1.29, 1.82) is 0 Å². The van der Waals surface area contributed by atoms with E-state index in [-0.39, 0.29) is 0 Å². The molecule has 2 unspecified atom stereocenters. The number of nitrogens with one attached hydrogen (secondary N) is 1. The summed E-state index contributed by atoms with van der Waals surface area (Å²) in [5, 5.41) is 3.54. The standard InChI is InChI=1S/C13H26N2O/c1-11(2)13(5-6-14-9-13)10-15-7-4-12(8-15)16-3/h11-12,14H,4-10H2,1-3H3. The van der Waals surface area contributed by atoms with Crippen LogP contribution in [0.5, 0.6) is 0 Å². The third-order valence-electron chi connectivity index (χ3n) is 4.60. The maximum atomic E-state index is 5.44. The lowest BCUT2D eigenvalue weighted by Crippen LogP contribution is -2.42. The topological polar surface area (TPSA) is 24.5 Å². The highest BCUT2D eigenvalue weighted by Crippen LogP contribution is 2.35. The van der Waals surface area contributed by atoms with Gasteiger partial charge in [0.1, 0.15) is 0 Å². The number of likely N-dealkylation sites (tertiary alicyclic amines) is 1. The second kappa shape index (κ2) is 5.03. The lowest BCUT2D eigenvalue weighted by atomic mass is 9.76. The van der Waals surface area contributed by atoms with Crippen LogP contribution in [-0.2, 0) is 4.74 Å². The van der Waals surface area contributed by atoms with Gasteiger partial charge in [0.05, 0.1) is 6.10 Å². The Hall–Kier alpha value is -0.120. The third-order valence-corrected chi connectivity index (χ3v) is 4.60. The summed E-state index contributed by atoms with van der Waals surface area (Å²) in [6.45, 7) is 10.7. The summed E-state index contributed by atoms with van der Waals surface area (Å²) in [6, 6.07) is 0. The smallest absolute Gasteiger partial charge is 0.0710 e. The van der Waals surface area contributed by atoms with Gasteiger partial charge in [-0.1, -0.05) is 13.8 Å². The zero-order valence-electron chi connectivity index (χ0n) is 11.0. The van der Waals surface area contributed by atoms with Gasteiger partial charge in [-0.25, -0.2) is 0 Å². The molecule has 0 amide bonds. The van der Waals surface area contributed by atoms with Crippen LogP contribution < -0.4 is 5.32 Å². The summed E-state index contributed by atoms with van der Waals surface area (Å²) in [5.41, 5.74) is 0.503. The van der Waals surface area contributed by atoms with Crippen LogP contribution in [0.4, 0.5) is 0 Å². The Balaban J connectivity index is 1.92. The summed E-state index contributed by atoms with van der Waals surface area (Å²) < 4.78 is 5.44. The van der Waals surface area contributed by atoms with E-state index in [9.17, 15) is 0 Å². The van der Waals surface area contributed by atoms with E-state index in [0.717, 1.165) is 12.5 Å². The number of nitrogens with zero attached hydrogens (tertiary/aromatic N) is 1. The van der Waals surface area contributed by atoms with E-state index < -0.39 is 0 Å². The fraction of sp³-hybridized carbons (Fsp3) is 1.00. The van der Waals surface area contributed by atoms with Crippen LogP contribution >= 0.6 is 0 Å². The van der Waals surface area contributed by atoms with E-state index in [2.05, 4.69) is 24.1 Å². The predicted molar refractivity (Wildman–Crippen MR) is 66.6 cm³/mol. The predicted octanol–water partition coefficient (Wildman–Crippen LogP) is 1.34. The minimum Gasteiger partial charge on any atom is -0.380 e.